The topological polar surface area (TPSA) is 111 Å². The van der Waals surface area contributed by atoms with Crippen LogP contribution in [0.15, 0.2) is 29.3 Å². The van der Waals surface area contributed by atoms with Gasteiger partial charge in [-0.2, -0.15) is 17.6 Å². The molecule has 0 bridgehead atoms. The molecule has 4 rings (SSSR count). The van der Waals surface area contributed by atoms with Gasteiger partial charge in [-0.25, -0.2) is 14.6 Å². The zero-order valence-electron chi connectivity index (χ0n) is 17.0. The van der Waals surface area contributed by atoms with E-state index in [9.17, 15) is 18.0 Å². The highest BCUT2D eigenvalue weighted by Gasteiger charge is 2.31. The Bertz CT molecular complexity index is 1330. The molecular weight excluding hydrogens is 413 g/mol. The minimum absolute atomic E-state index is 0.111. The first-order valence-corrected chi connectivity index (χ1v) is 9.42. The Hall–Kier alpha value is -3.70. The minimum Gasteiger partial charge on any atom is -0.347 e. The standard InChI is InChI=1S/C19H19F3N8O/c1-10-8-24-29(9-10)15-14(13-6-11(2)25-12(3)7-13)16-27-28(5-4-19(20,21)22)18(31)30(16)17(23)26-15/h6-9H,4-5H2,1-3H3,(H2,23,25,26,27)/p+1. The van der Waals surface area contributed by atoms with Crippen molar-refractivity contribution in [1.29, 1.82) is 0 Å². The Kier molecular flexibility index (Phi) is 4.79. The Balaban J connectivity index is 2.05. The first-order valence-electron chi connectivity index (χ1n) is 9.42. The second kappa shape index (κ2) is 7.22. The van der Waals surface area contributed by atoms with Gasteiger partial charge in [0.15, 0.2) is 5.65 Å². The molecule has 12 heteroatoms. The van der Waals surface area contributed by atoms with E-state index >= 15 is 0 Å². The second-order valence-corrected chi connectivity index (χ2v) is 7.35. The molecule has 0 amide bonds. The predicted molar refractivity (Wildman–Crippen MR) is 106 cm³/mol. The fraction of sp³-hybridized carbons (Fsp3) is 0.316. The van der Waals surface area contributed by atoms with E-state index in [1.165, 1.54) is 0 Å². The summed E-state index contributed by atoms with van der Waals surface area (Å²) in [6, 6.07) is 3.58. The van der Waals surface area contributed by atoms with E-state index in [-0.39, 0.29) is 11.6 Å². The molecule has 3 N–H and O–H groups in total. The number of anilines is 1. The third kappa shape index (κ3) is 3.88. The van der Waals surface area contributed by atoms with Crippen molar-refractivity contribution in [3.8, 4) is 16.9 Å². The van der Waals surface area contributed by atoms with Crippen LogP contribution in [0, 0.1) is 20.8 Å². The van der Waals surface area contributed by atoms with Crippen LogP contribution in [0.2, 0.25) is 0 Å². The number of fused-ring (bicyclic) bond motifs is 1. The van der Waals surface area contributed by atoms with Gasteiger partial charge in [0.25, 0.3) is 0 Å². The largest absolute Gasteiger partial charge is 0.390 e. The molecule has 0 spiro atoms. The van der Waals surface area contributed by atoms with Crippen molar-refractivity contribution in [3.05, 3.63) is 52.0 Å². The monoisotopic (exact) mass is 433 g/mol. The van der Waals surface area contributed by atoms with Gasteiger partial charge in [0, 0.05) is 23.1 Å². The summed E-state index contributed by atoms with van der Waals surface area (Å²) < 4.78 is 41.6. The summed E-state index contributed by atoms with van der Waals surface area (Å²) in [5.41, 5.74) is 8.83. The number of rotatable bonds is 4. The van der Waals surface area contributed by atoms with E-state index < -0.39 is 24.8 Å². The van der Waals surface area contributed by atoms with Gasteiger partial charge < -0.3 is 5.73 Å². The summed E-state index contributed by atoms with van der Waals surface area (Å²) in [7, 11) is 0. The molecule has 4 aromatic rings. The van der Waals surface area contributed by atoms with Gasteiger partial charge in [-0.1, -0.05) is 0 Å². The molecular formula is C19H20F3N8O+. The lowest BCUT2D eigenvalue weighted by Gasteiger charge is -2.07. The number of nitrogens with zero attached hydrogens (tertiary/aromatic N) is 6. The van der Waals surface area contributed by atoms with Crippen molar-refractivity contribution >= 4 is 11.6 Å². The van der Waals surface area contributed by atoms with Crippen molar-refractivity contribution in [2.24, 2.45) is 0 Å². The van der Waals surface area contributed by atoms with Gasteiger partial charge in [0.05, 0.1) is 13.0 Å². The van der Waals surface area contributed by atoms with Crippen LogP contribution in [-0.2, 0) is 6.54 Å². The third-order valence-corrected chi connectivity index (χ3v) is 4.71. The molecule has 4 heterocycles. The quantitative estimate of drug-likeness (QED) is 0.479. The maximum atomic E-state index is 12.8. The van der Waals surface area contributed by atoms with Crippen LogP contribution in [0.25, 0.3) is 22.6 Å². The number of hydrogen-bond acceptors (Lipinski definition) is 5. The highest BCUT2D eigenvalue weighted by atomic mass is 19.4. The maximum Gasteiger partial charge on any atom is 0.390 e. The molecule has 31 heavy (non-hydrogen) atoms. The smallest absolute Gasteiger partial charge is 0.347 e. The molecule has 0 atom stereocenters. The molecule has 0 saturated heterocycles. The molecule has 0 saturated carbocycles. The highest BCUT2D eigenvalue weighted by Crippen LogP contribution is 2.29. The number of nitrogens with two attached hydrogens (primary N) is 1. The number of hydrogen-bond donors (Lipinski definition) is 2. The Morgan fingerprint density at radius 2 is 1.84 bits per heavy atom. The Labute approximate surface area is 174 Å². The third-order valence-electron chi connectivity index (χ3n) is 4.71. The fourth-order valence-electron chi connectivity index (χ4n) is 3.45. The van der Waals surface area contributed by atoms with Crippen molar-refractivity contribution in [2.75, 3.05) is 5.73 Å². The zero-order valence-corrected chi connectivity index (χ0v) is 17.0. The molecule has 0 radical (unpaired) electrons. The average Bonchev–Trinajstić information content (AvgIpc) is 3.22. The summed E-state index contributed by atoms with van der Waals surface area (Å²) in [4.78, 5) is 21.5. The van der Waals surface area contributed by atoms with Crippen molar-refractivity contribution in [1.82, 2.24) is 29.2 Å². The lowest BCUT2D eigenvalue weighted by molar-refractivity contribution is -0.658. The van der Waals surface area contributed by atoms with Gasteiger partial charge in [-0.05, 0) is 43.5 Å². The molecule has 4 aromatic heterocycles. The number of nitrogen functional groups attached to an aromatic ring is 1. The normalized spacial score (nSPS) is 12.1. The van der Waals surface area contributed by atoms with Crippen molar-refractivity contribution in [3.63, 3.8) is 0 Å². The molecule has 9 nitrogen and oxygen atoms in total. The van der Waals surface area contributed by atoms with Crippen LogP contribution in [0.5, 0.6) is 0 Å². The number of aryl methyl sites for hydroxylation is 4. The van der Waals surface area contributed by atoms with E-state index in [0.29, 0.717) is 16.9 Å². The van der Waals surface area contributed by atoms with Crippen LogP contribution in [0.4, 0.5) is 19.1 Å². The first kappa shape index (κ1) is 20.6. The Morgan fingerprint density at radius 3 is 2.42 bits per heavy atom. The van der Waals surface area contributed by atoms with Crippen LogP contribution in [-0.4, -0.2) is 35.4 Å². The fourth-order valence-corrected chi connectivity index (χ4v) is 3.45. The number of alkyl halides is 3. The van der Waals surface area contributed by atoms with E-state index in [1.54, 1.807) is 29.2 Å². The Morgan fingerprint density at radius 1 is 1.16 bits per heavy atom. The maximum absolute atomic E-state index is 12.8. The second-order valence-electron chi connectivity index (χ2n) is 7.35. The molecule has 0 aromatic carbocycles. The zero-order chi connectivity index (χ0) is 22.5. The summed E-state index contributed by atoms with van der Waals surface area (Å²) in [6.45, 7) is 4.89. The number of nitrogens with one attached hydrogen (secondary N) is 1. The van der Waals surface area contributed by atoms with E-state index in [1.807, 2.05) is 20.8 Å². The van der Waals surface area contributed by atoms with Gasteiger partial charge in [-0.15, -0.1) is 9.78 Å². The number of aromatic nitrogens is 7. The van der Waals surface area contributed by atoms with Crippen LogP contribution < -0.4 is 16.1 Å². The predicted octanol–water partition coefficient (Wildman–Crippen LogP) is 2.02. The van der Waals surface area contributed by atoms with Gasteiger partial charge >= 0.3 is 23.6 Å². The highest BCUT2D eigenvalue weighted by molar-refractivity contribution is 5.83. The number of H-pyrrole nitrogens is 1. The molecule has 0 aliphatic rings. The lowest BCUT2D eigenvalue weighted by Crippen LogP contribution is -2.35. The molecule has 0 fully saturated rings. The van der Waals surface area contributed by atoms with Crippen molar-refractivity contribution in [2.45, 2.75) is 39.9 Å². The molecule has 162 valence electrons. The SMILES string of the molecule is Cc1c[nH][n+](-c2nc(N)n3c(=O)n(CCC(F)(F)F)nc3c2-c2cc(C)nc(C)c2)c1. The summed E-state index contributed by atoms with van der Waals surface area (Å²) in [5, 5.41) is 7.24. The average molecular weight is 433 g/mol. The first-order chi connectivity index (χ1) is 14.5. The van der Waals surface area contributed by atoms with Crippen molar-refractivity contribution < 1.29 is 17.9 Å². The van der Waals surface area contributed by atoms with E-state index in [0.717, 1.165) is 26.0 Å². The number of aromatic amines is 1. The molecule has 0 unspecified atom stereocenters. The summed E-state index contributed by atoms with van der Waals surface area (Å²) in [5.74, 6) is 0.176. The van der Waals surface area contributed by atoms with Crippen LogP contribution in [0.1, 0.15) is 23.4 Å². The van der Waals surface area contributed by atoms with Gasteiger partial charge in [0.2, 0.25) is 0 Å². The van der Waals surface area contributed by atoms with E-state index in [4.69, 9.17) is 5.73 Å². The lowest BCUT2D eigenvalue weighted by atomic mass is 10.1. The summed E-state index contributed by atoms with van der Waals surface area (Å²) >= 11 is 0. The number of halogens is 3. The molecule has 0 aliphatic carbocycles. The van der Waals surface area contributed by atoms with Crippen LogP contribution in [0.3, 0.4) is 0 Å². The molecule has 0 aliphatic heterocycles. The minimum atomic E-state index is -4.43. The van der Waals surface area contributed by atoms with Crippen LogP contribution >= 0.6 is 0 Å². The van der Waals surface area contributed by atoms with E-state index in [2.05, 4.69) is 20.2 Å². The number of pyridine rings is 1. The van der Waals surface area contributed by atoms with Gasteiger partial charge in [-0.3, -0.25) is 4.98 Å². The van der Waals surface area contributed by atoms with Gasteiger partial charge in [0.1, 0.15) is 11.8 Å². The summed E-state index contributed by atoms with van der Waals surface area (Å²) in [6.07, 6.45) is -2.08.